The highest BCUT2D eigenvalue weighted by molar-refractivity contribution is 9.10. The maximum absolute atomic E-state index is 12.5. The van der Waals surface area contributed by atoms with Crippen LogP contribution in [0.1, 0.15) is 30.6 Å². The summed E-state index contributed by atoms with van der Waals surface area (Å²) in [5.74, 6) is 0.392. The van der Waals surface area contributed by atoms with E-state index in [9.17, 15) is 9.59 Å². The predicted octanol–water partition coefficient (Wildman–Crippen LogP) is 5.05. The third kappa shape index (κ3) is 5.52. The van der Waals surface area contributed by atoms with E-state index in [2.05, 4.69) is 40.0 Å². The standard InChI is InChI=1S/C22H25BrClN3O2/c1-15(2)13-21(28)27-11-9-26(10-12-27)20-8-7-16(14-19(20)24)25-22(29)17-5-3-4-6-18(17)23/h3-8,14-15H,9-13H2,1-2H3,(H,25,29). The SMILES string of the molecule is CC(C)CC(=O)N1CCN(c2ccc(NC(=O)c3ccccc3Br)cc2Cl)CC1. The Bertz CT molecular complexity index is 895. The van der Waals surface area contributed by atoms with Crippen molar-refractivity contribution in [3.63, 3.8) is 0 Å². The summed E-state index contributed by atoms with van der Waals surface area (Å²) < 4.78 is 0.741. The molecule has 0 saturated carbocycles. The first-order valence-electron chi connectivity index (χ1n) is 9.73. The maximum Gasteiger partial charge on any atom is 0.256 e. The lowest BCUT2D eigenvalue weighted by Crippen LogP contribution is -2.49. The molecule has 7 heteroatoms. The number of halogens is 2. The zero-order valence-electron chi connectivity index (χ0n) is 16.6. The van der Waals surface area contributed by atoms with Gasteiger partial charge in [0, 0.05) is 42.8 Å². The van der Waals surface area contributed by atoms with Gasteiger partial charge in [-0.1, -0.05) is 37.6 Å². The lowest BCUT2D eigenvalue weighted by Gasteiger charge is -2.36. The van der Waals surface area contributed by atoms with Gasteiger partial charge in [0.2, 0.25) is 5.91 Å². The molecule has 2 aromatic rings. The van der Waals surface area contributed by atoms with Crippen LogP contribution in [0.25, 0.3) is 0 Å². The number of carbonyl (C=O) groups is 2. The molecule has 0 radical (unpaired) electrons. The number of anilines is 2. The predicted molar refractivity (Wildman–Crippen MR) is 122 cm³/mol. The Balaban J connectivity index is 1.62. The third-order valence-electron chi connectivity index (χ3n) is 4.88. The third-order valence-corrected chi connectivity index (χ3v) is 5.87. The van der Waals surface area contributed by atoms with Gasteiger partial charge in [0.1, 0.15) is 0 Å². The Morgan fingerprint density at radius 2 is 1.79 bits per heavy atom. The van der Waals surface area contributed by atoms with E-state index in [0.29, 0.717) is 41.7 Å². The van der Waals surface area contributed by atoms with Gasteiger partial charge in [-0.3, -0.25) is 9.59 Å². The van der Waals surface area contributed by atoms with Gasteiger partial charge in [0.15, 0.2) is 0 Å². The van der Waals surface area contributed by atoms with E-state index in [1.54, 1.807) is 12.1 Å². The minimum absolute atomic E-state index is 0.196. The number of rotatable bonds is 5. The molecule has 0 unspecified atom stereocenters. The molecule has 0 aliphatic carbocycles. The molecule has 0 bridgehead atoms. The van der Waals surface area contributed by atoms with Gasteiger partial charge in [-0.25, -0.2) is 0 Å². The second kappa shape index (κ2) is 9.63. The molecule has 1 saturated heterocycles. The maximum atomic E-state index is 12.5. The molecular weight excluding hydrogens is 454 g/mol. The molecule has 1 aliphatic heterocycles. The van der Waals surface area contributed by atoms with E-state index < -0.39 is 0 Å². The molecule has 2 amide bonds. The molecule has 3 rings (SSSR count). The zero-order chi connectivity index (χ0) is 21.0. The summed E-state index contributed by atoms with van der Waals surface area (Å²) in [5.41, 5.74) is 2.13. The number of piperazine rings is 1. The quantitative estimate of drug-likeness (QED) is 0.654. The van der Waals surface area contributed by atoms with Crippen molar-refractivity contribution in [3.8, 4) is 0 Å². The molecule has 0 atom stereocenters. The van der Waals surface area contributed by atoms with Crippen LogP contribution in [-0.4, -0.2) is 42.9 Å². The molecular formula is C22H25BrClN3O2. The highest BCUT2D eigenvalue weighted by Crippen LogP contribution is 2.30. The summed E-state index contributed by atoms with van der Waals surface area (Å²) in [5, 5.41) is 3.47. The lowest BCUT2D eigenvalue weighted by molar-refractivity contribution is -0.132. The molecule has 0 spiro atoms. The Kier molecular flexibility index (Phi) is 7.19. The van der Waals surface area contributed by atoms with Crippen LogP contribution in [-0.2, 0) is 4.79 Å². The Labute approximate surface area is 185 Å². The number of carbonyl (C=O) groups excluding carboxylic acids is 2. The van der Waals surface area contributed by atoms with Crippen LogP contribution in [0.5, 0.6) is 0 Å². The van der Waals surface area contributed by atoms with Crippen molar-refractivity contribution in [2.75, 3.05) is 36.4 Å². The van der Waals surface area contributed by atoms with E-state index in [-0.39, 0.29) is 11.8 Å². The van der Waals surface area contributed by atoms with Gasteiger partial charge < -0.3 is 15.1 Å². The van der Waals surface area contributed by atoms with E-state index in [0.717, 1.165) is 23.2 Å². The summed E-state index contributed by atoms with van der Waals surface area (Å²) in [6, 6.07) is 12.8. The largest absolute Gasteiger partial charge is 0.367 e. The van der Waals surface area contributed by atoms with Crippen LogP contribution >= 0.6 is 27.5 Å². The van der Waals surface area contributed by atoms with Crippen LogP contribution in [0, 0.1) is 5.92 Å². The molecule has 29 heavy (non-hydrogen) atoms. The molecule has 1 heterocycles. The highest BCUT2D eigenvalue weighted by atomic mass is 79.9. The minimum atomic E-state index is -0.196. The second-order valence-corrected chi connectivity index (χ2v) is 8.83. The van der Waals surface area contributed by atoms with Crippen LogP contribution in [0.2, 0.25) is 5.02 Å². The van der Waals surface area contributed by atoms with Crippen LogP contribution in [0.15, 0.2) is 46.9 Å². The average molecular weight is 479 g/mol. The van der Waals surface area contributed by atoms with Crippen molar-refractivity contribution in [2.45, 2.75) is 20.3 Å². The minimum Gasteiger partial charge on any atom is -0.367 e. The lowest BCUT2D eigenvalue weighted by atomic mass is 10.1. The average Bonchev–Trinajstić information content (AvgIpc) is 2.68. The van der Waals surface area contributed by atoms with Crippen LogP contribution < -0.4 is 10.2 Å². The summed E-state index contributed by atoms with van der Waals surface area (Å²) in [6.45, 7) is 7.00. The highest BCUT2D eigenvalue weighted by Gasteiger charge is 2.23. The topological polar surface area (TPSA) is 52.7 Å². The fraction of sp³-hybridized carbons (Fsp3) is 0.364. The van der Waals surface area contributed by atoms with Crippen molar-refractivity contribution in [3.05, 3.63) is 57.5 Å². The molecule has 1 aliphatic rings. The summed E-state index contributed by atoms with van der Waals surface area (Å²) >= 11 is 9.90. The smallest absolute Gasteiger partial charge is 0.256 e. The number of hydrogen-bond donors (Lipinski definition) is 1. The first-order chi connectivity index (χ1) is 13.8. The van der Waals surface area contributed by atoms with E-state index >= 15 is 0 Å². The number of benzene rings is 2. The number of nitrogens with zero attached hydrogens (tertiary/aromatic N) is 2. The molecule has 5 nitrogen and oxygen atoms in total. The number of nitrogens with one attached hydrogen (secondary N) is 1. The summed E-state index contributed by atoms with van der Waals surface area (Å²) in [7, 11) is 0. The van der Waals surface area contributed by atoms with Gasteiger partial charge in [-0.2, -0.15) is 0 Å². The fourth-order valence-corrected chi connectivity index (χ4v) is 4.12. The Morgan fingerprint density at radius 3 is 2.41 bits per heavy atom. The first-order valence-corrected chi connectivity index (χ1v) is 10.9. The molecule has 2 aromatic carbocycles. The monoisotopic (exact) mass is 477 g/mol. The van der Waals surface area contributed by atoms with Gasteiger partial charge in [-0.05, 0) is 52.2 Å². The Hall–Kier alpha value is -2.05. The normalized spacial score (nSPS) is 14.2. The van der Waals surface area contributed by atoms with Crippen LogP contribution in [0.4, 0.5) is 11.4 Å². The van der Waals surface area contributed by atoms with Crippen molar-refractivity contribution < 1.29 is 9.59 Å². The molecule has 1 fully saturated rings. The van der Waals surface area contributed by atoms with E-state index in [1.807, 2.05) is 35.2 Å². The van der Waals surface area contributed by atoms with Crippen LogP contribution in [0.3, 0.4) is 0 Å². The zero-order valence-corrected chi connectivity index (χ0v) is 19.0. The van der Waals surface area contributed by atoms with Crippen molar-refractivity contribution in [1.82, 2.24) is 4.90 Å². The van der Waals surface area contributed by atoms with E-state index in [1.165, 1.54) is 0 Å². The number of amides is 2. The van der Waals surface area contributed by atoms with Crippen molar-refractivity contribution >= 4 is 50.7 Å². The molecule has 154 valence electrons. The summed E-state index contributed by atoms with van der Waals surface area (Å²) in [4.78, 5) is 28.8. The van der Waals surface area contributed by atoms with Crippen molar-refractivity contribution in [2.24, 2.45) is 5.92 Å². The summed E-state index contributed by atoms with van der Waals surface area (Å²) in [6.07, 6.45) is 0.590. The Morgan fingerprint density at radius 1 is 1.10 bits per heavy atom. The fourth-order valence-electron chi connectivity index (χ4n) is 3.36. The number of hydrogen-bond acceptors (Lipinski definition) is 3. The van der Waals surface area contributed by atoms with Gasteiger partial charge in [0.05, 0.1) is 16.3 Å². The van der Waals surface area contributed by atoms with Gasteiger partial charge in [0.25, 0.3) is 5.91 Å². The first kappa shape index (κ1) is 21.7. The van der Waals surface area contributed by atoms with Gasteiger partial charge >= 0.3 is 0 Å². The molecule has 0 aromatic heterocycles. The molecule has 1 N–H and O–H groups in total. The van der Waals surface area contributed by atoms with Crippen molar-refractivity contribution in [1.29, 1.82) is 0 Å². The second-order valence-electron chi connectivity index (χ2n) is 7.57. The van der Waals surface area contributed by atoms with Gasteiger partial charge in [-0.15, -0.1) is 0 Å². The van der Waals surface area contributed by atoms with E-state index in [4.69, 9.17) is 11.6 Å².